The van der Waals surface area contributed by atoms with Gasteiger partial charge in [0.1, 0.15) is 0 Å². The van der Waals surface area contributed by atoms with E-state index in [0.717, 1.165) is 22.5 Å². The molecule has 0 aliphatic carbocycles. The summed E-state index contributed by atoms with van der Waals surface area (Å²) >= 11 is 0. The Morgan fingerprint density at radius 3 is 1.48 bits per heavy atom. The maximum atomic E-state index is 11.9. The molecule has 23 heavy (non-hydrogen) atoms. The minimum atomic E-state index is -4.09. The molecule has 0 saturated carbocycles. The van der Waals surface area contributed by atoms with Gasteiger partial charge in [0.2, 0.25) is 0 Å². The van der Waals surface area contributed by atoms with Gasteiger partial charge in [-0.05, 0) is 35.4 Å². The highest BCUT2D eigenvalue weighted by atomic mass is 31.2. The highest BCUT2D eigenvalue weighted by molar-refractivity contribution is 7.47. The van der Waals surface area contributed by atoms with E-state index in [0.29, 0.717) is 0 Å². The third-order valence-corrected chi connectivity index (χ3v) is 4.18. The van der Waals surface area contributed by atoms with E-state index in [9.17, 15) is 9.46 Å². The molecule has 2 aromatic carbocycles. The number of hydrogen-bond donors (Lipinski definition) is 3. The molecule has 6 nitrogen and oxygen atoms in total. The Bertz CT molecular complexity index is 603. The number of hydrogen-bond acceptors (Lipinski definition) is 5. The molecule has 0 radical (unpaired) electrons. The minimum absolute atomic E-state index is 0.0104. The largest absolute Gasteiger partial charge is 0.472 e. The summed E-state index contributed by atoms with van der Waals surface area (Å²) < 4.78 is 21.9. The summed E-state index contributed by atoms with van der Waals surface area (Å²) in [6.07, 6.45) is 0. The lowest BCUT2D eigenvalue weighted by atomic mass is 10.2. The van der Waals surface area contributed by atoms with Gasteiger partial charge in [-0.1, -0.05) is 24.3 Å². The van der Waals surface area contributed by atoms with Crippen LogP contribution >= 0.6 is 7.82 Å². The Hall–Kier alpha value is -1.85. The molecule has 0 heterocycles. The molecule has 0 amide bonds. The Morgan fingerprint density at radius 1 is 0.826 bits per heavy atom. The van der Waals surface area contributed by atoms with Crippen molar-refractivity contribution >= 4 is 19.2 Å². The van der Waals surface area contributed by atoms with E-state index in [4.69, 9.17) is 9.05 Å². The molecule has 0 aliphatic rings. The molecule has 124 valence electrons. The standard InChI is InChI=1S/C16H21N2O4P/c1-17-15-7-3-13(4-8-15)11-21-23(19,20)22-12-14-5-9-16(18-2)10-6-14/h3-10,17-18H,11-12H2,1-2H3,(H,19,20). The quantitative estimate of drug-likeness (QED) is 0.639. The minimum Gasteiger partial charge on any atom is -0.388 e. The normalized spacial score (nSPS) is 11.3. The van der Waals surface area contributed by atoms with E-state index in [2.05, 4.69) is 10.6 Å². The second-order valence-electron chi connectivity index (χ2n) is 4.91. The fraction of sp³-hybridized carbons (Fsp3) is 0.250. The van der Waals surface area contributed by atoms with Gasteiger partial charge in [-0.25, -0.2) is 4.57 Å². The molecule has 2 aromatic rings. The van der Waals surface area contributed by atoms with Crippen molar-refractivity contribution in [2.75, 3.05) is 24.7 Å². The van der Waals surface area contributed by atoms with Gasteiger partial charge in [-0.15, -0.1) is 0 Å². The Kier molecular flexibility index (Phi) is 6.19. The third kappa shape index (κ3) is 5.69. The van der Waals surface area contributed by atoms with E-state index in [1.807, 2.05) is 62.6 Å². The molecule has 0 saturated heterocycles. The fourth-order valence-corrected chi connectivity index (χ4v) is 2.58. The van der Waals surface area contributed by atoms with E-state index < -0.39 is 7.82 Å². The number of phosphoric ester groups is 1. The molecule has 2 rings (SSSR count). The summed E-state index contributed by atoms with van der Waals surface area (Å²) in [7, 11) is -0.445. The second kappa shape index (κ2) is 8.13. The predicted octanol–water partition coefficient (Wildman–Crippen LogP) is 3.60. The van der Waals surface area contributed by atoms with Crippen molar-refractivity contribution in [2.24, 2.45) is 0 Å². The summed E-state index contributed by atoms with van der Waals surface area (Å²) in [5.74, 6) is 0. The summed E-state index contributed by atoms with van der Waals surface area (Å²) in [4.78, 5) is 9.73. The molecule has 0 spiro atoms. The Labute approximate surface area is 136 Å². The van der Waals surface area contributed by atoms with E-state index in [1.165, 1.54) is 0 Å². The fourth-order valence-electron chi connectivity index (χ4n) is 1.88. The number of rotatable bonds is 8. The van der Waals surface area contributed by atoms with Gasteiger partial charge in [-0.3, -0.25) is 9.05 Å². The average Bonchev–Trinajstić information content (AvgIpc) is 2.59. The van der Waals surface area contributed by atoms with Crippen LogP contribution in [0.5, 0.6) is 0 Å². The zero-order valence-corrected chi connectivity index (χ0v) is 14.0. The van der Waals surface area contributed by atoms with Crippen LogP contribution < -0.4 is 10.6 Å². The van der Waals surface area contributed by atoms with Crippen LogP contribution in [-0.2, 0) is 26.8 Å². The molecule has 7 heteroatoms. The first-order valence-corrected chi connectivity index (χ1v) is 8.67. The molecular formula is C16H21N2O4P. The van der Waals surface area contributed by atoms with Crippen molar-refractivity contribution in [3.8, 4) is 0 Å². The monoisotopic (exact) mass is 336 g/mol. The van der Waals surface area contributed by atoms with Crippen LogP contribution in [-0.4, -0.2) is 19.0 Å². The third-order valence-electron chi connectivity index (χ3n) is 3.27. The topological polar surface area (TPSA) is 79.8 Å². The zero-order valence-electron chi connectivity index (χ0n) is 13.2. The number of nitrogens with one attached hydrogen (secondary N) is 2. The van der Waals surface area contributed by atoms with Gasteiger partial charge in [0.05, 0.1) is 13.2 Å². The van der Waals surface area contributed by atoms with Crippen molar-refractivity contribution in [3.63, 3.8) is 0 Å². The summed E-state index contributed by atoms with van der Waals surface area (Å²) in [5.41, 5.74) is 3.50. The molecule has 0 atom stereocenters. The maximum absolute atomic E-state index is 11.9. The van der Waals surface area contributed by atoms with E-state index in [1.54, 1.807) is 0 Å². The van der Waals surface area contributed by atoms with Crippen molar-refractivity contribution in [3.05, 3.63) is 59.7 Å². The predicted molar refractivity (Wildman–Crippen MR) is 91.4 cm³/mol. The lowest BCUT2D eigenvalue weighted by molar-refractivity contribution is 0.137. The van der Waals surface area contributed by atoms with Crippen LogP contribution in [0, 0.1) is 0 Å². The van der Waals surface area contributed by atoms with Crippen molar-refractivity contribution < 1.29 is 18.5 Å². The number of benzene rings is 2. The summed E-state index contributed by atoms with van der Waals surface area (Å²) in [5, 5.41) is 6.00. The Morgan fingerprint density at radius 2 is 1.17 bits per heavy atom. The second-order valence-corrected chi connectivity index (χ2v) is 6.36. The first-order valence-electron chi connectivity index (χ1n) is 7.17. The lowest BCUT2D eigenvalue weighted by Crippen LogP contribution is -1.97. The Balaban J connectivity index is 1.84. The SMILES string of the molecule is CNc1ccc(COP(=O)(O)OCc2ccc(NC)cc2)cc1. The summed E-state index contributed by atoms with van der Waals surface area (Å²) in [6, 6.07) is 14.8. The van der Waals surface area contributed by atoms with E-state index in [-0.39, 0.29) is 13.2 Å². The lowest BCUT2D eigenvalue weighted by Gasteiger charge is -2.13. The van der Waals surface area contributed by atoms with Crippen molar-refractivity contribution in [1.82, 2.24) is 0 Å². The van der Waals surface area contributed by atoms with Crippen LogP contribution in [0.4, 0.5) is 11.4 Å². The highest BCUT2D eigenvalue weighted by Gasteiger charge is 2.21. The van der Waals surface area contributed by atoms with Gasteiger partial charge >= 0.3 is 7.82 Å². The summed E-state index contributed by atoms with van der Waals surface area (Å²) in [6.45, 7) is 0.0208. The smallest absolute Gasteiger partial charge is 0.388 e. The molecule has 0 unspecified atom stereocenters. The molecule has 0 aliphatic heterocycles. The highest BCUT2D eigenvalue weighted by Crippen LogP contribution is 2.45. The van der Waals surface area contributed by atoms with Gasteiger partial charge in [0, 0.05) is 25.5 Å². The average molecular weight is 336 g/mol. The van der Waals surface area contributed by atoms with Crippen molar-refractivity contribution in [2.45, 2.75) is 13.2 Å². The van der Waals surface area contributed by atoms with Crippen molar-refractivity contribution in [1.29, 1.82) is 0 Å². The number of phosphoric acid groups is 1. The van der Waals surface area contributed by atoms with Crippen LogP contribution in [0.2, 0.25) is 0 Å². The zero-order chi connectivity index (χ0) is 16.7. The molecule has 0 aromatic heterocycles. The first kappa shape index (κ1) is 17.5. The molecular weight excluding hydrogens is 315 g/mol. The van der Waals surface area contributed by atoms with Gasteiger partial charge in [-0.2, -0.15) is 0 Å². The van der Waals surface area contributed by atoms with Crippen LogP contribution in [0.3, 0.4) is 0 Å². The van der Waals surface area contributed by atoms with Crippen LogP contribution in [0.25, 0.3) is 0 Å². The maximum Gasteiger partial charge on any atom is 0.472 e. The number of anilines is 2. The van der Waals surface area contributed by atoms with Gasteiger partial charge < -0.3 is 15.5 Å². The van der Waals surface area contributed by atoms with Crippen LogP contribution in [0.1, 0.15) is 11.1 Å². The molecule has 3 N–H and O–H groups in total. The first-order chi connectivity index (χ1) is 11.0. The van der Waals surface area contributed by atoms with E-state index >= 15 is 0 Å². The van der Waals surface area contributed by atoms with Gasteiger partial charge in [0.25, 0.3) is 0 Å². The van der Waals surface area contributed by atoms with Crippen LogP contribution in [0.15, 0.2) is 48.5 Å². The molecule has 0 fully saturated rings. The van der Waals surface area contributed by atoms with Gasteiger partial charge in [0.15, 0.2) is 0 Å². The molecule has 0 bridgehead atoms.